The molecule has 114 valence electrons. The molecule has 0 atom stereocenters. The Morgan fingerprint density at radius 1 is 0.682 bits per heavy atom. The van der Waals surface area contributed by atoms with Gasteiger partial charge in [-0.15, -0.1) is 0 Å². The highest BCUT2D eigenvalue weighted by molar-refractivity contribution is 6.04. The zero-order valence-electron chi connectivity index (χ0n) is 12.1. The van der Waals surface area contributed by atoms with Crippen LogP contribution in [0, 0.1) is 0 Å². The van der Waals surface area contributed by atoms with Crippen molar-refractivity contribution in [3.8, 4) is 23.0 Å². The van der Waals surface area contributed by atoms with E-state index >= 15 is 0 Å². The van der Waals surface area contributed by atoms with E-state index in [4.69, 9.17) is 0 Å². The second-order valence-corrected chi connectivity index (χ2v) is 4.77. The van der Waals surface area contributed by atoms with Gasteiger partial charge in [0.1, 0.15) is 23.0 Å². The van der Waals surface area contributed by atoms with Crippen LogP contribution in [-0.4, -0.2) is 31.8 Å². The maximum atomic E-state index is 9.76. The lowest BCUT2D eigenvalue weighted by molar-refractivity contribution is 0.448. The van der Waals surface area contributed by atoms with Gasteiger partial charge in [0.15, 0.2) is 0 Å². The molecule has 6 heteroatoms. The largest absolute Gasteiger partial charge is 0.508 e. The molecule has 0 amide bonds. The Morgan fingerprint density at radius 3 is 1.36 bits per heavy atom. The molecule has 6 nitrogen and oxygen atoms in total. The standard InChI is InChI=1S/C16H16N2O4/c1-9(13-5-3-11(19)7-15(13)21)17-18-10(2)14-6-4-12(20)8-16(14)22/h3-8,19-22H,1-2H3/b17-9-,18-10+. The fraction of sp³-hybridized carbons (Fsp3) is 0.125. The van der Waals surface area contributed by atoms with E-state index < -0.39 is 0 Å². The number of hydrogen-bond acceptors (Lipinski definition) is 6. The molecule has 0 aliphatic heterocycles. The van der Waals surface area contributed by atoms with Gasteiger partial charge in [0.2, 0.25) is 0 Å². The van der Waals surface area contributed by atoms with Crippen molar-refractivity contribution in [1.29, 1.82) is 0 Å². The van der Waals surface area contributed by atoms with Crippen molar-refractivity contribution < 1.29 is 20.4 Å². The summed E-state index contributed by atoms with van der Waals surface area (Å²) in [5.41, 5.74) is 1.80. The molecule has 4 N–H and O–H groups in total. The molecule has 0 radical (unpaired) electrons. The third-order valence-corrected chi connectivity index (χ3v) is 3.09. The molecule has 0 fully saturated rings. The van der Waals surface area contributed by atoms with Gasteiger partial charge in [-0.1, -0.05) is 0 Å². The Morgan fingerprint density at radius 2 is 1.05 bits per heavy atom. The van der Waals surface area contributed by atoms with Gasteiger partial charge in [-0.05, 0) is 38.1 Å². The van der Waals surface area contributed by atoms with Crippen LogP contribution in [0.2, 0.25) is 0 Å². The van der Waals surface area contributed by atoms with Crippen LogP contribution >= 0.6 is 0 Å². The average molecular weight is 300 g/mol. The maximum Gasteiger partial charge on any atom is 0.128 e. The summed E-state index contributed by atoms with van der Waals surface area (Å²) in [5, 5.41) is 46.1. The molecule has 0 unspecified atom stereocenters. The normalized spacial score (nSPS) is 12.5. The van der Waals surface area contributed by atoms with Crippen LogP contribution in [0.1, 0.15) is 25.0 Å². The van der Waals surface area contributed by atoms with Crippen LogP contribution in [-0.2, 0) is 0 Å². The molecule has 0 bridgehead atoms. The minimum atomic E-state index is -0.0958. The zero-order chi connectivity index (χ0) is 16.3. The molecule has 0 spiro atoms. The summed E-state index contributed by atoms with van der Waals surface area (Å²) in [6.07, 6.45) is 0. The number of benzene rings is 2. The minimum Gasteiger partial charge on any atom is -0.508 e. The monoisotopic (exact) mass is 300 g/mol. The highest BCUT2D eigenvalue weighted by atomic mass is 16.3. The van der Waals surface area contributed by atoms with Crippen molar-refractivity contribution in [2.45, 2.75) is 13.8 Å². The minimum absolute atomic E-state index is 0.0391. The fourth-order valence-corrected chi connectivity index (χ4v) is 1.91. The summed E-state index contributed by atoms with van der Waals surface area (Å²) in [4.78, 5) is 0. The molecule has 0 heterocycles. The van der Waals surface area contributed by atoms with Crippen molar-refractivity contribution >= 4 is 11.4 Å². The summed E-state index contributed by atoms with van der Waals surface area (Å²) in [6.45, 7) is 3.33. The van der Waals surface area contributed by atoms with Gasteiger partial charge in [-0.25, -0.2) is 0 Å². The smallest absolute Gasteiger partial charge is 0.128 e. The molecular formula is C16H16N2O4. The van der Waals surface area contributed by atoms with E-state index in [0.29, 0.717) is 22.6 Å². The summed E-state index contributed by atoms with van der Waals surface area (Å²) in [6, 6.07) is 8.39. The van der Waals surface area contributed by atoms with Crippen LogP contribution < -0.4 is 0 Å². The molecule has 0 aromatic heterocycles. The van der Waals surface area contributed by atoms with E-state index in [0.717, 1.165) is 0 Å². The van der Waals surface area contributed by atoms with Crippen LogP contribution in [0.15, 0.2) is 46.6 Å². The van der Waals surface area contributed by atoms with Gasteiger partial charge >= 0.3 is 0 Å². The number of nitrogens with zero attached hydrogens (tertiary/aromatic N) is 2. The summed E-state index contributed by atoms with van der Waals surface area (Å²) >= 11 is 0. The Kier molecular flexibility index (Phi) is 4.31. The lowest BCUT2D eigenvalue weighted by Gasteiger charge is -2.05. The van der Waals surface area contributed by atoms with E-state index in [1.165, 1.54) is 36.4 Å². The Balaban J connectivity index is 2.32. The van der Waals surface area contributed by atoms with Crippen molar-refractivity contribution in [2.75, 3.05) is 0 Å². The molecule has 0 aliphatic rings. The van der Waals surface area contributed by atoms with Crippen molar-refractivity contribution in [1.82, 2.24) is 0 Å². The molecule has 0 saturated heterocycles. The molecule has 22 heavy (non-hydrogen) atoms. The van der Waals surface area contributed by atoms with Gasteiger partial charge in [0.05, 0.1) is 11.4 Å². The highest BCUT2D eigenvalue weighted by Gasteiger charge is 2.07. The maximum absolute atomic E-state index is 9.76. The lowest BCUT2D eigenvalue weighted by Crippen LogP contribution is -1.97. The summed E-state index contributed by atoms with van der Waals surface area (Å²) in [7, 11) is 0. The van der Waals surface area contributed by atoms with Crippen LogP contribution in [0.4, 0.5) is 0 Å². The molecule has 2 aromatic carbocycles. The lowest BCUT2D eigenvalue weighted by atomic mass is 10.1. The van der Waals surface area contributed by atoms with Gasteiger partial charge < -0.3 is 20.4 Å². The highest BCUT2D eigenvalue weighted by Crippen LogP contribution is 2.24. The van der Waals surface area contributed by atoms with Crippen LogP contribution in [0.25, 0.3) is 0 Å². The van der Waals surface area contributed by atoms with Crippen molar-refractivity contribution in [3.05, 3.63) is 47.5 Å². The van der Waals surface area contributed by atoms with E-state index in [1.54, 1.807) is 13.8 Å². The summed E-state index contributed by atoms with van der Waals surface area (Å²) in [5.74, 6) is -0.270. The first-order valence-electron chi connectivity index (χ1n) is 6.52. The third-order valence-electron chi connectivity index (χ3n) is 3.09. The predicted molar refractivity (Wildman–Crippen MR) is 84.0 cm³/mol. The first-order valence-corrected chi connectivity index (χ1v) is 6.52. The Hall–Kier alpha value is -3.02. The van der Waals surface area contributed by atoms with E-state index in [2.05, 4.69) is 10.2 Å². The number of aromatic hydroxyl groups is 4. The number of phenolic OH excluding ortho intramolecular Hbond substituents is 4. The third kappa shape index (κ3) is 3.35. The van der Waals surface area contributed by atoms with E-state index in [-0.39, 0.29) is 23.0 Å². The topological polar surface area (TPSA) is 106 Å². The first-order chi connectivity index (χ1) is 10.4. The quantitative estimate of drug-likeness (QED) is 0.516. The Bertz CT molecular complexity index is 701. The number of rotatable bonds is 3. The van der Waals surface area contributed by atoms with Crippen molar-refractivity contribution in [2.24, 2.45) is 10.2 Å². The average Bonchev–Trinajstić information content (AvgIpc) is 2.44. The fourth-order valence-electron chi connectivity index (χ4n) is 1.91. The Labute approximate surface area is 127 Å². The van der Waals surface area contributed by atoms with Gasteiger partial charge in [0, 0.05) is 23.3 Å². The van der Waals surface area contributed by atoms with E-state index in [9.17, 15) is 20.4 Å². The zero-order valence-corrected chi connectivity index (χ0v) is 12.1. The molecule has 2 rings (SSSR count). The van der Waals surface area contributed by atoms with Crippen LogP contribution in [0.5, 0.6) is 23.0 Å². The SMILES string of the molecule is C/C(=N/N=C(\C)c1ccc(O)cc1O)c1ccc(O)cc1O. The molecular weight excluding hydrogens is 284 g/mol. The van der Waals surface area contributed by atoms with Gasteiger partial charge in [0.25, 0.3) is 0 Å². The second kappa shape index (κ2) is 6.17. The second-order valence-electron chi connectivity index (χ2n) is 4.77. The van der Waals surface area contributed by atoms with Gasteiger partial charge in [-0.2, -0.15) is 10.2 Å². The van der Waals surface area contributed by atoms with E-state index in [1.807, 2.05) is 0 Å². The molecule has 0 aliphatic carbocycles. The van der Waals surface area contributed by atoms with Gasteiger partial charge in [-0.3, -0.25) is 0 Å². The number of hydrogen-bond donors (Lipinski definition) is 4. The first kappa shape index (κ1) is 15.4. The van der Waals surface area contributed by atoms with Crippen molar-refractivity contribution in [3.63, 3.8) is 0 Å². The molecule has 2 aromatic rings. The summed E-state index contributed by atoms with van der Waals surface area (Å²) < 4.78 is 0. The molecule has 0 saturated carbocycles. The number of phenols is 4. The van der Waals surface area contributed by atoms with Crippen LogP contribution in [0.3, 0.4) is 0 Å². The predicted octanol–water partition coefficient (Wildman–Crippen LogP) is 2.74.